The van der Waals surface area contributed by atoms with Crippen molar-refractivity contribution in [1.29, 1.82) is 0 Å². The second-order valence-corrected chi connectivity index (χ2v) is 5.53. The van der Waals surface area contributed by atoms with Gasteiger partial charge in [0.15, 0.2) is 0 Å². The summed E-state index contributed by atoms with van der Waals surface area (Å²) in [4.78, 5) is 18.5. The van der Waals surface area contributed by atoms with Crippen LogP contribution in [0.4, 0.5) is 11.4 Å². The van der Waals surface area contributed by atoms with E-state index in [4.69, 9.17) is 4.74 Å². The number of pyridine rings is 1. The molecule has 1 amide bonds. The third-order valence-electron chi connectivity index (χ3n) is 3.99. The van der Waals surface area contributed by atoms with E-state index >= 15 is 0 Å². The van der Waals surface area contributed by atoms with Gasteiger partial charge in [-0.1, -0.05) is 18.2 Å². The molecule has 0 saturated carbocycles. The standard InChI is InChI=1S/C18H21N3O2/c1-23-12-10-19-18(22)16-9-8-15(13-20-16)21-11-4-6-14-5-2-3-7-17(14)21/h2-3,5,7-9,13H,4,6,10-12H2,1H3,(H,19,22). The van der Waals surface area contributed by atoms with Crippen LogP contribution >= 0.6 is 0 Å². The van der Waals surface area contributed by atoms with E-state index in [-0.39, 0.29) is 5.91 Å². The molecule has 1 aliphatic heterocycles. The van der Waals surface area contributed by atoms with E-state index in [0.717, 1.165) is 25.1 Å². The summed E-state index contributed by atoms with van der Waals surface area (Å²) in [5.74, 6) is -0.173. The Balaban J connectivity index is 1.74. The molecule has 2 heterocycles. The molecule has 0 bridgehead atoms. The van der Waals surface area contributed by atoms with E-state index in [1.807, 2.05) is 6.07 Å². The minimum absolute atomic E-state index is 0.173. The molecular weight excluding hydrogens is 290 g/mol. The molecule has 5 nitrogen and oxygen atoms in total. The SMILES string of the molecule is COCCNC(=O)c1ccc(N2CCCc3ccccc32)cn1. The van der Waals surface area contributed by atoms with Crippen molar-refractivity contribution < 1.29 is 9.53 Å². The van der Waals surface area contributed by atoms with E-state index in [0.29, 0.717) is 18.8 Å². The highest BCUT2D eigenvalue weighted by atomic mass is 16.5. The van der Waals surface area contributed by atoms with Crippen molar-refractivity contribution in [2.45, 2.75) is 12.8 Å². The van der Waals surface area contributed by atoms with Crippen LogP contribution in [0.25, 0.3) is 0 Å². The maximum Gasteiger partial charge on any atom is 0.269 e. The number of carbonyl (C=O) groups is 1. The fourth-order valence-electron chi connectivity index (χ4n) is 2.84. The van der Waals surface area contributed by atoms with Crippen molar-refractivity contribution >= 4 is 17.3 Å². The largest absolute Gasteiger partial charge is 0.383 e. The summed E-state index contributed by atoms with van der Waals surface area (Å²) in [5, 5.41) is 2.77. The number of benzene rings is 1. The van der Waals surface area contributed by atoms with Crippen molar-refractivity contribution in [3.63, 3.8) is 0 Å². The first kappa shape index (κ1) is 15.5. The lowest BCUT2D eigenvalue weighted by Gasteiger charge is -2.31. The van der Waals surface area contributed by atoms with Gasteiger partial charge in [-0.25, -0.2) is 4.98 Å². The van der Waals surface area contributed by atoms with Crippen molar-refractivity contribution in [2.75, 3.05) is 31.7 Å². The lowest BCUT2D eigenvalue weighted by atomic mass is 10.0. The summed E-state index contributed by atoms with van der Waals surface area (Å²) in [7, 11) is 1.61. The number of aromatic nitrogens is 1. The maximum atomic E-state index is 12.0. The van der Waals surface area contributed by atoms with Crippen LogP contribution in [0.2, 0.25) is 0 Å². The number of aryl methyl sites for hydroxylation is 1. The quantitative estimate of drug-likeness (QED) is 0.862. The number of hydrogen-bond donors (Lipinski definition) is 1. The molecule has 0 radical (unpaired) electrons. The van der Waals surface area contributed by atoms with Crippen molar-refractivity contribution in [2.24, 2.45) is 0 Å². The van der Waals surface area contributed by atoms with Crippen LogP contribution in [0.15, 0.2) is 42.6 Å². The number of hydrogen-bond acceptors (Lipinski definition) is 4. The second kappa shape index (κ2) is 7.24. The molecule has 1 N–H and O–H groups in total. The molecular formula is C18H21N3O2. The Kier molecular flexibility index (Phi) is 4.88. The van der Waals surface area contributed by atoms with Gasteiger partial charge in [-0.05, 0) is 36.6 Å². The number of rotatable bonds is 5. The van der Waals surface area contributed by atoms with Crippen molar-refractivity contribution in [3.05, 3.63) is 53.9 Å². The molecule has 23 heavy (non-hydrogen) atoms. The van der Waals surface area contributed by atoms with Gasteiger partial charge >= 0.3 is 0 Å². The molecule has 2 aromatic rings. The first-order valence-corrected chi connectivity index (χ1v) is 7.88. The summed E-state index contributed by atoms with van der Waals surface area (Å²) < 4.78 is 4.92. The molecule has 0 fully saturated rings. The zero-order valence-electron chi connectivity index (χ0n) is 13.3. The van der Waals surface area contributed by atoms with Gasteiger partial charge in [-0.15, -0.1) is 0 Å². The number of amides is 1. The van der Waals surface area contributed by atoms with Gasteiger partial charge in [0.25, 0.3) is 5.91 Å². The zero-order chi connectivity index (χ0) is 16.1. The summed E-state index contributed by atoms with van der Waals surface area (Å²) >= 11 is 0. The Labute approximate surface area is 136 Å². The van der Waals surface area contributed by atoms with Gasteiger partial charge in [0.1, 0.15) is 5.69 Å². The van der Waals surface area contributed by atoms with Gasteiger partial charge in [-0.2, -0.15) is 0 Å². The molecule has 0 atom stereocenters. The van der Waals surface area contributed by atoms with Gasteiger partial charge in [0.2, 0.25) is 0 Å². The van der Waals surface area contributed by atoms with Crippen molar-refractivity contribution in [3.8, 4) is 0 Å². The lowest BCUT2D eigenvalue weighted by molar-refractivity contribution is 0.0932. The number of anilines is 2. The molecule has 3 rings (SSSR count). The Morgan fingerprint density at radius 2 is 2.17 bits per heavy atom. The Hall–Kier alpha value is -2.40. The molecule has 1 aliphatic rings. The number of fused-ring (bicyclic) bond motifs is 1. The third-order valence-corrected chi connectivity index (χ3v) is 3.99. The Morgan fingerprint density at radius 1 is 1.30 bits per heavy atom. The average molecular weight is 311 g/mol. The number of ether oxygens (including phenoxy) is 1. The van der Waals surface area contributed by atoms with Gasteiger partial charge < -0.3 is 15.0 Å². The number of carbonyl (C=O) groups excluding carboxylic acids is 1. The summed E-state index contributed by atoms with van der Waals surface area (Å²) in [6, 6.07) is 12.2. The minimum atomic E-state index is -0.173. The second-order valence-electron chi connectivity index (χ2n) is 5.53. The highest BCUT2D eigenvalue weighted by molar-refractivity contribution is 5.92. The monoisotopic (exact) mass is 311 g/mol. The predicted molar refractivity (Wildman–Crippen MR) is 90.2 cm³/mol. The molecule has 1 aromatic heterocycles. The molecule has 1 aromatic carbocycles. The first-order valence-electron chi connectivity index (χ1n) is 7.88. The molecule has 0 unspecified atom stereocenters. The van der Waals surface area contributed by atoms with Crippen LogP contribution in [0, 0.1) is 0 Å². The van der Waals surface area contributed by atoms with E-state index in [1.165, 1.54) is 11.3 Å². The summed E-state index contributed by atoms with van der Waals surface area (Å²) in [6.45, 7) is 1.95. The van der Waals surface area contributed by atoms with Crippen LogP contribution in [0.3, 0.4) is 0 Å². The van der Waals surface area contributed by atoms with Gasteiger partial charge in [0, 0.05) is 25.9 Å². The summed E-state index contributed by atoms with van der Waals surface area (Å²) in [6.07, 6.45) is 4.00. The van der Waals surface area contributed by atoms with Crippen molar-refractivity contribution in [1.82, 2.24) is 10.3 Å². The van der Waals surface area contributed by atoms with Crippen LogP contribution in [-0.2, 0) is 11.2 Å². The van der Waals surface area contributed by atoms with Crippen LogP contribution in [-0.4, -0.2) is 37.7 Å². The van der Waals surface area contributed by atoms with Crippen LogP contribution < -0.4 is 10.2 Å². The van der Waals surface area contributed by atoms with Crippen LogP contribution in [0.1, 0.15) is 22.5 Å². The summed E-state index contributed by atoms with van der Waals surface area (Å²) in [5.41, 5.74) is 4.04. The highest BCUT2D eigenvalue weighted by Gasteiger charge is 2.18. The highest BCUT2D eigenvalue weighted by Crippen LogP contribution is 2.32. The minimum Gasteiger partial charge on any atom is -0.383 e. The number of para-hydroxylation sites is 1. The Morgan fingerprint density at radius 3 is 2.96 bits per heavy atom. The lowest BCUT2D eigenvalue weighted by Crippen LogP contribution is -2.28. The molecule has 0 saturated heterocycles. The normalized spacial score (nSPS) is 13.5. The molecule has 0 aliphatic carbocycles. The first-order chi connectivity index (χ1) is 11.3. The van der Waals surface area contributed by atoms with E-state index in [9.17, 15) is 4.79 Å². The van der Waals surface area contributed by atoms with E-state index in [1.54, 1.807) is 19.4 Å². The number of methoxy groups -OCH3 is 1. The molecule has 120 valence electrons. The number of nitrogens with zero attached hydrogens (tertiary/aromatic N) is 2. The fourth-order valence-corrected chi connectivity index (χ4v) is 2.84. The smallest absolute Gasteiger partial charge is 0.269 e. The maximum absolute atomic E-state index is 12.0. The fraction of sp³-hybridized carbons (Fsp3) is 0.333. The van der Waals surface area contributed by atoms with Gasteiger partial charge in [0.05, 0.1) is 18.5 Å². The zero-order valence-corrected chi connectivity index (χ0v) is 13.3. The Bertz CT molecular complexity index is 670. The average Bonchev–Trinajstić information content (AvgIpc) is 2.61. The molecule has 0 spiro atoms. The predicted octanol–water partition coefficient (Wildman–Crippen LogP) is 2.54. The third kappa shape index (κ3) is 3.51. The van der Waals surface area contributed by atoms with Crippen LogP contribution in [0.5, 0.6) is 0 Å². The molecule has 5 heteroatoms. The number of nitrogens with one attached hydrogen (secondary N) is 1. The van der Waals surface area contributed by atoms with E-state index < -0.39 is 0 Å². The van der Waals surface area contributed by atoms with Gasteiger partial charge in [-0.3, -0.25) is 4.79 Å². The topological polar surface area (TPSA) is 54.5 Å². The van der Waals surface area contributed by atoms with E-state index in [2.05, 4.69) is 39.5 Å².